The number of nitrogens with zero attached hydrogens (tertiary/aromatic N) is 1. The van der Waals surface area contributed by atoms with E-state index in [9.17, 15) is 4.79 Å². The fourth-order valence-electron chi connectivity index (χ4n) is 3.29. The first kappa shape index (κ1) is 18.5. The number of ether oxygens (including phenoxy) is 1. The second-order valence-corrected chi connectivity index (χ2v) is 7.17. The third-order valence-electron chi connectivity index (χ3n) is 4.73. The van der Waals surface area contributed by atoms with Gasteiger partial charge in [-0.3, -0.25) is 10.3 Å². The number of hydrogen-bond donors (Lipinski definition) is 3. The Morgan fingerprint density at radius 3 is 3.00 bits per heavy atom. The maximum Gasteiger partial charge on any atom is 0.408 e. The van der Waals surface area contributed by atoms with Gasteiger partial charge in [-0.2, -0.15) is 0 Å². The van der Waals surface area contributed by atoms with Crippen molar-refractivity contribution in [1.29, 1.82) is 0 Å². The summed E-state index contributed by atoms with van der Waals surface area (Å²) >= 11 is 6.09. The number of amides is 1. The van der Waals surface area contributed by atoms with E-state index in [4.69, 9.17) is 16.3 Å². The summed E-state index contributed by atoms with van der Waals surface area (Å²) in [7, 11) is 0. The van der Waals surface area contributed by atoms with Gasteiger partial charge in [0.2, 0.25) is 0 Å². The van der Waals surface area contributed by atoms with E-state index in [0.717, 1.165) is 28.6 Å². The molecular weight excluding hydrogens is 376 g/mol. The predicted molar refractivity (Wildman–Crippen MR) is 110 cm³/mol. The van der Waals surface area contributed by atoms with Crippen molar-refractivity contribution in [3.8, 4) is 0 Å². The fourth-order valence-corrected chi connectivity index (χ4v) is 3.49. The first-order valence-electron chi connectivity index (χ1n) is 9.19. The van der Waals surface area contributed by atoms with Gasteiger partial charge >= 0.3 is 6.09 Å². The highest BCUT2D eigenvalue weighted by Crippen LogP contribution is 2.21. The standard InChI is InChI=1S/C21H21ClN4O2/c22-19-4-2-1-3-16(19)12-25-21(27)28-20-10-18(13-24-20)26-17-6-5-15-11-23-8-7-14(15)9-17/h1-9,11,18,20,24,26H,10,12-13H2,(H,25,27)/t18-,20-/m0/s1. The number of pyridine rings is 1. The van der Waals surface area contributed by atoms with Gasteiger partial charge in [0, 0.05) is 54.0 Å². The van der Waals surface area contributed by atoms with E-state index in [2.05, 4.69) is 27.0 Å². The van der Waals surface area contributed by atoms with Crippen molar-refractivity contribution in [3.05, 3.63) is 71.5 Å². The molecule has 0 saturated carbocycles. The number of fused-ring (bicyclic) bond motifs is 1. The van der Waals surface area contributed by atoms with E-state index >= 15 is 0 Å². The smallest absolute Gasteiger partial charge is 0.408 e. The van der Waals surface area contributed by atoms with Crippen LogP contribution in [-0.4, -0.2) is 29.9 Å². The number of nitrogens with one attached hydrogen (secondary N) is 3. The zero-order chi connectivity index (χ0) is 19.3. The average Bonchev–Trinajstić information content (AvgIpc) is 3.14. The first-order chi connectivity index (χ1) is 13.7. The number of carbonyl (C=O) groups excluding carboxylic acids is 1. The van der Waals surface area contributed by atoms with Crippen molar-refractivity contribution >= 4 is 34.2 Å². The highest BCUT2D eigenvalue weighted by Gasteiger charge is 2.26. The van der Waals surface area contributed by atoms with E-state index in [1.165, 1.54) is 0 Å². The van der Waals surface area contributed by atoms with Crippen molar-refractivity contribution in [3.63, 3.8) is 0 Å². The summed E-state index contributed by atoms with van der Waals surface area (Å²) in [6, 6.07) is 15.7. The zero-order valence-corrected chi connectivity index (χ0v) is 15.9. The van der Waals surface area contributed by atoms with E-state index in [1.54, 1.807) is 12.3 Å². The lowest BCUT2D eigenvalue weighted by atomic mass is 10.1. The molecule has 1 aliphatic heterocycles. The van der Waals surface area contributed by atoms with Crippen molar-refractivity contribution in [1.82, 2.24) is 15.6 Å². The van der Waals surface area contributed by atoms with Gasteiger partial charge < -0.3 is 15.4 Å². The number of alkyl carbamates (subject to hydrolysis) is 1. The molecule has 1 fully saturated rings. The maximum absolute atomic E-state index is 12.1. The average molecular weight is 397 g/mol. The number of hydrogen-bond acceptors (Lipinski definition) is 5. The largest absolute Gasteiger partial charge is 0.430 e. The molecule has 1 aromatic heterocycles. The molecule has 3 aromatic rings. The normalized spacial score (nSPS) is 18.8. The van der Waals surface area contributed by atoms with Crippen LogP contribution >= 0.6 is 11.6 Å². The molecular formula is C21H21ClN4O2. The molecule has 0 aliphatic carbocycles. The summed E-state index contributed by atoms with van der Waals surface area (Å²) in [6.45, 7) is 1.05. The number of anilines is 1. The molecule has 2 aromatic carbocycles. The third-order valence-corrected chi connectivity index (χ3v) is 5.10. The molecule has 2 atom stereocenters. The highest BCUT2D eigenvalue weighted by molar-refractivity contribution is 6.31. The van der Waals surface area contributed by atoms with Gasteiger partial charge in [-0.05, 0) is 35.2 Å². The lowest BCUT2D eigenvalue weighted by Crippen LogP contribution is -2.33. The minimum absolute atomic E-state index is 0.181. The summed E-state index contributed by atoms with van der Waals surface area (Å²) in [5.41, 5.74) is 1.89. The summed E-state index contributed by atoms with van der Waals surface area (Å²) in [5, 5.41) is 12.3. The van der Waals surface area contributed by atoms with Gasteiger partial charge in [0.25, 0.3) is 0 Å². The maximum atomic E-state index is 12.1. The van der Waals surface area contributed by atoms with E-state index in [-0.39, 0.29) is 12.3 Å². The van der Waals surface area contributed by atoms with E-state index < -0.39 is 6.09 Å². The number of aromatic nitrogens is 1. The fraction of sp³-hybridized carbons (Fsp3) is 0.238. The SMILES string of the molecule is O=C(NCc1ccccc1Cl)O[C@H]1C[C@H](Nc2ccc3cnccc3c2)CN1. The van der Waals surface area contributed by atoms with Gasteiger partial charge in [0.05, 0.1) is 0 Å². The highest BCUT2D eigenvalue weighted by atomic mass is 35.5. The minimum atomic E-state index is -0.462. The summed E-state index contributed by atoms with van der Waals surface area (Å²) in [6.07, 6.45) is 3.54. The molecule has 3 N–H and O–H groups in total. The second-order valence-electron chi connectivity index (χ2n) is 6.76. The van der Waals surface area contributed by atoms with Crippen LogP contribution in [0.5, 0.6) is 0 Å². The molecule has 6 nitrogen and oxygen atoms in total. The molecule has 28 heavy (non-hydrogen) atoms. The van der Waals surface area contributed by atoms with Gasteiger partial charge in [-0.15, -0.1) is 0 Å². The van der Waals surface area contributed by atoms with Crippen LogP contribution in [0, 0.1) is 0 Å². The van der Waals surface area contributed by atoms with Crippen LogP contribution in [0.15, 0.2) is 60.9 Å². The summed E-state index contributed by atoms with van der Waals surface area (Å²) in [4.78, 5) is 16.2. The predicted octanol–water partition coefficient (Wildman–Crippen LogP) is 3.91. The second kappa shape index (κ2) is 8.46. The van der Waals surface area contributed by atoms with Gasteiger partial charge in [-0.25, -0.2) is 4.79 Å². The molecule has 1 aliphatic rings. The number of rotatable bonds is 5. The van der Waals surface area contributed by atoms with Gasteiger partial charge in [0.1, 0.15) is 0 Å². The Labute approximate surface area is 168 Å². The van der Waals surface area contributed by atoms with E-state index in [0.29, 0.717) is 18.0 Å². The van der Waals surface area contributed by atoms with Crippen LogP contribution in [0.1, 0.15) is 12.0 Å². The third kappa shape index (κ3) is 4.52. The number of halogens is 1. The molecule has 0 spiro atoms. The topological polar surface area (TPSA) is 75.3 Å². The lowest BCUT2D eigenvalue weighted by molar-refractivity contribution is 0.0888. The minimum Gasteiger partial charge on any atom is -0.430 e. The van der Waals surface area contributed by atoms with Crippen LogP contribution in [0.3, 0.4) is 0 Å². The van der Waals surface area contributed by atoms with Crippen molar-refractivity contribution < 1.29 is 9.53 Å². The number of carbonyl (C=O) groups is 1. The molecule has 144 valence electrons. The molecule has 7 heteroatoms. The van der Waals surface area contributed by atoms with Gasteiger partial charge in [0.15, 0.2) is 6.23 Å². The van der Waals surface area contributed by atoms with Crippen molar-refractivity contribution in [2.45, 2.75) is 25.2 Å². The van der Waals surface area contributed by atoms with Crippen LogP contribution in [0.4, 0.5) is 10.5 Å². The Hall–Kier alpha value is -2.83. The van der Waals surface area contributed by atoms with Crippen LogP contribution < -0.4 is 16.0 Å². The summed E-state index contributed by atoms with van der Waals surface area (Å²) < 4.78 is 5.46. The molecule has 4 rings (SSSR count). The summed E-state index contributed by atoms with van der Waals surface area (Å²) in [5.74, 6) is 0. The Kier molecular flexibility index (Phi) is 5.60. The van der Waals surface area contributed by atoms with E-state index in [1.807, 2.05) is 42.6 Å². The quantitative estimate of drug-likeness (QED) is 0.609. The molecule has 2 heterocycles. The molecule has 0 radical (unpaired) electrons. The first-order valence-corrected chi connectivity index (χ1v) is 9.57. The Balaban J connectivity index is 1.26. The van der Waals surface area contributed by atoms with Crippen LogP contribution in [-0.2, 0) is 11.3 Å². The lowest BCUT2D eigenvalue weighted by Gasteiger charge is -2.15. The Bertz CT molecular complexity index is 981. The van der Waals surface area contributed by atoms with Crippen LogP contribution in [0.25, 0.3) is 10.8 Å². The van der Waals surface area contributed by atoms with Crippen LogP contribution in [0.2, 0.25) is 5.02 Å². The van der Waals surface area contributed by atoms with Crippen molar-refractivity contribution in [2.75, 3.05) is 11.9 Å². The van der Waals surface area contributed by atoms with Gasteiger partial charge in [-0.1, -0.05) is 35.9 Å². The number of benzene rings is 2. The molecule has 0 bridgehead atoms. The zero-order valence-electron chi connectivity index (χ0n) is 15.2. The Morgan fingerprint density at radius 1 is 1.21 bits per heavy atom. The molecule has 0 unspecified atom stereocenters. The van der Waals surface area contributed by atoms with Crippen molar-refractivity contribution in [2.24, 2.45) is 0 Å². The molecule has 1 saturated heterocycles. The monoisotopic (exact) mass is 396 g/mol. The molecule has 1 amide bonds. The Morgan fingerprint density at radius 2 is 2.11 bits per heavy atom.